The zero-order chi connectivity index (χ0) is 17.2. The number of rotatable bonds is 3. The molecular weight excluding hydrogens is 336 g/mol. The quantitative estimate of drug-likeness (QED) is 0.922. The first-order valence-corrected chi connectivity index (χ1v) is 8.78. The number of hydrogen-bond acceptors (Lipinski definition) is 4. The first kappa shape index (κ1) is 16.1. The van der Waals surface area contributed by atoms with E-state index in [1.807, 2.05) is 41.4 Å². The van der Waals surface area contributed by atoms with Crippen molar-refractivity contribution in [3.63, 3.8) is 0 Å². The summed E-state index contributed by atoms with van der Waals surface area (Å²) >= 11 is 5.93. The van der Waals surface area contributed by atoms with Crippen molar-refractivity contribution in [2.75, 3.05) is 31.5 Å². The van der Waals surface area contributed by atoms with Crippen molar-refractivity contribution in [2.24, 2.45) is 5.10 Å². The summed E-state index contributed by atoms with van der Waals surface area (Å²) in [5.74, 6) is -0.121. The number of halogens is 1. The number of hydrogen-bond donors (Lipinski definition) is 1. The highest BCUT2D eigenvalue weighted by Crippen LogP contribution is 2.23. The van der Waals surface area contributed by atoms with Crippen LogP contribution in [0.5, 0.6) is 0 Å². The van der Waals surface area contributed by atoms with Gasteiger partial charge in [-0.25, -0.2) is 0 Å². The van der Waals surface area contributed by atoms with E-state index in [0.717, 1.165) is 49.0 Å². The van der Waals surface area contributed by atoms with Gasteiger partial charge in [-0.05, 0) is 23.8 Å². The summed E-state index contributed by atoms with van der Waals surface area (Å²) in [6.45, 7) is 4.37. The predicted octanol–water partition coefficient (Wildman–Crippen LogP) is 2.81. The molecule has 0 bridgehead atoms. The molecule has 2 aliphatic heterocycles. The van der Waals surface area contributed by atoms with E-state index in [9.17, 15) is 4.79 Å². The number of benzene rings is 2. The fraction of sp³-hybridized carbons (Fsp3) is 0.263. The van der Waals surface area contributed by atoms with Gasteiger partial charge in [-0.2, -0.15) is 5.10 Å². The van der Waals surface area contributed by atoms with Crippen molar-refractivity contribution in [2.45, 2.75) is 6.54 Å². The normalized spacial score (nSPS) is 19.2. The van der Waals surface area contributed by atoms with Crippen LogP contribution in [0.4, 0.5) is 5.69 Å². The summed E-state index contributed by atoms with van der Waals surface area (Å²) in [5.41, 5.74) is 3.50. The maximum Gasteiger partial charge on any atom is 0.276 e. The highest BCUT2D eigenvalue weighted by atomic mass is 35.5. The molecule has 2 aromatic rings. The van der Waals surface area contributed by atoms with Crippen molar-refractivity contribution in [1.82, 2.24) is 9.91 Å². The van der Waals surface area contributed by atoms with Gasteiger partial charge in [0.1, 0.15) is 0 Å². The van der Waals surface area contributed by atoms with Gasteiger partial charge < -0.3 is 5.32 Å². The number of carbonyl (C=O) groups excluding carboxylic acids is 1. The highest BCUT2D eigenvalue weighted by Gasteiger charge is 2.27. The van der Waals surface area contributed by atoms with Crippen LogP contribution in [0.2, 0.25) is 5.02 Å². The average Bonchev–Trinajstić information content (AvgIpc) is 2.94. The molecule has 2 aliphatic rings. The monoisotopic (exact) mass is 354 g/mol. The van der Waals surface area contributed by atoms with E-state index in [1.165, 1.54) is 5.56 Å². The van der Waals surface area contributed by atoms with Crippen LogP contribution in [0.15, 0.2) is 53.6 Å². The Balaban J connectivity index is 1.39. The van der Waals surface area contributed by atoms with Gasteiger partial charge in [0.05, 0.1) is 5.69 Å². The molecule has 0 spiro atoms. The number of anilines is 1. The number of amides is 1. The molecule has 0 saturated carbocycles. The second-order valence-electron chi connectivity index (χ2n) is 6.30. The molecule has 1 saturated heterocycles. The Morgan fingerprint density at radius 1 is 1.00 bits per heavy atom. The molecular formula is C19H19ClN4O. The molecule has 1 amide bonds. The molecule has 1 fully saturated rings. The van der Waals surface area contributed by atoms with E-state index in [4.69, 9.17) is 11.6 Å². The summed E-state index contributed by atoms with van der Waals surface area (Å²) in [5, 5.41) is 10.2. The Morgan fingerprint density at radius 3 is 2.48 bits per heavy atom. The van der Waals surface area contributed by atoms with Gasteiger partial charge in [0.2, 0.25) is 0 Å². The van der Waals surface area contributed by atoms with Gasteiger partial charge in [0.25, 0.3) is 5.91 Å². The van der Waals surface area contributed by atoms with Crippen LogP contribution in [0.3, 0.4) is 0 Å². The Labute approximate surface area is 151 Å². The molecule has 2 heterocycles. The van der Waals surface area contributed by atoms with Gasteiger partial charge in [-0.3, -0.25) is 14.7 Å². The second kappa shape index (κ2) is 6.86. The summed E-state index contributed by atoms with van der Waals surface area (Å²) in [7, 11) is 0. The number of fused-ring (bicyclic) bond motifs is 1. The van der Waals surface area contributed by atoms with E-state index in [0.29, 0.717) is 5.71 Å². The van der Waals surface area contributed by atoms with Gasteiger partial charge >= 0.3 is 0 Å². The van der Waals surface area contributed by atoms with E-state index in [-0.39, 0.29) is 5.91 Å². The number of carbonyl (C=O) groups is 1. The Hall–Kier alpha value is -2.37. The molecule has 0 unspecified atom stereocenters. The summed E-state index contributed by atoms with van der Waals surface area (Å²) < 4.78 is 0. The third-order valence-corrected chi connectivity index (χ3v) is 4.81. The zero-order valence-electron chi connectivity index (χ0n) is 13.8. The molecule has 0 aliphatic carbocycles. The molecule has 128 valence electrons. The number of nitrogens with zero attached hydrogens (tertiary/aromatic N) is 3. The SMILES string of the molecule is O=C1Nc2ccccc2/C1=N/N1CCN(Cc2ccc(Cl)cc2)CC1. The van der Waals surface area contributed by atoms with Crippen LogP contribution >= 0.6 is 11.6 Å². The van der Waals surface area contributed by atoms with Crippen LogP contribution in [0.1, 0.15) is 11.1 Å². The highest BCUT2D eigenvalue weighted by molar-refractivity contribution is 6.53. The minimum Gasteiger partial charge on any atom is -0.320 e. The lowest BCUT2D eigenvalue weighted by Crippen LogP contribution is -2.44. The van der Waals surface area contributed by atoms with Crippen molar-refractivity contribution in [1.29, 1.82) is 0 Å². The van der Waals surface area contributed by atoms with Gasteiger partial charge in [-0.1, -0.05) is 41.9 Å². The first-order chi connectivity index (χ1) is 12.2. The topological polar surface area (TPSA) is 47.9 Å². The molecule has 0 radical (unpaired) electrons. The van der Waals surface area contributed by atoms with Gasteiger partial charge in [0.15, 0.2) is 5.71 Å². The maximum atomic E-state index is 12.1. The van der Waals surface area contributed by atoms with Crippen LogP contribution in [-0.2, 0) is 11.3 Å². The third kappa shape index (κ3) is 3.52. The minimum atomic E-state index is -0.121. The van der Waals surface area contributed by atoms with Crippen molar-refractivity contribution in [3.8, 4) is 0 Å². The lowest BCUT2D eigenvalue weighted by molar-refractivity contribution is -0.110. The van der Waals surface area contributed by atoms with Crippen LogP contribution in [-0.4, -0.2) is 47.7 Å². The predicted molar refractivity (Wildman–Crippen MR) is 99.9 cm³/mol. The Bertz CT molecular complexity index is 810. The molecule has 5 nitrogen and oxygen atoms in total. The fourth-order valence-electron chi connectivity index (χ4n) is 3.19. The van der Waals surface area contributed by atoms with Crippen molar-refractivity contribution >= 4 is 28.9 Å². The minimum absolute atomic E-state index is 0.121. The molecule has 0 atom stereocenters. The van der Waals surface area contributed by atoms with Crippen LogP contribution < -0.4 is 5.32 Å². The second-order valence-corrected chi connectivity index (χ2v) is 6.74. The number of para-hydroxylation sites is 1. The lowest BCUT2D eigenvalue weighted by Gasteiger charge is -2.33. The summed E-state index contributed by atoms with van der Waals surface area (Å²) in [6.07, 6.45) is 0. The standard InChI is InChI=1S/C19H19ClN4O/c20-15-7-5-14(6-8-15)13-23-9-11-24(12-10-23)22-18-16-3-1-2-4-17(16)21-19(18)25/h1-8H,9-13H2,(H,21,22,25). The maximum absolute atomic E-state index is 12.1. The molecule has 4 rings (SSSR count). The molecule has 0 aromatic heterocycles. The van der Waals surface area contributed by atoms with Gasteiger partial charge in [-0.15, -0.1) is 0 Å². The number of hydrazone groups is 1. The van der Waals surface area contributed by atoms with Crippen LogP contribution in [0, 0.1) is 0 Å². The first-order valence-electron chi connectivity index (χ1n) is 8.40. The van der Waals surface area contributed by atoms with Gasteiger partial charge in [0, 0.05) is 43.3 Å². The van der Waals surface area contributed by atoms with Crippen molar-refractivity contribution in [3.05, 3.63) is 64.7 Å². The van der Waals surface area contributed by atoms with E-state index >= 15 is 0 Å². The molecule has 25 heavy (non-hydrogen) atoms. The summed E-state index contributed by atoms with van der Waals surface area (Å²) in [4.78, 5) is 14.5. The lowest BCUT2D eigenvalue weighted by atomic mass is 10.1. The van der Waals surface area contributed by atoms with E-state index in [2.05, 4.69) is 27.5 Å². The zero-order valence-corrected chi connectivity index (χ0v) is 14.5. The molecule has 2 aromatic carbocycles. The smallest absolute Gasteiger partial charge is 0.276 e. The molecule has 1 N–H and O–H groups in total. The number of piperazine rings is 1. The van der Waals surface area contributed by atoms with Crippen LogP contribution in [0.25, 0.3) is 0 Å². The van der Waals surface area contributed by atoms with Crippen molar-refractivity contribution < 1.29 is 4.79 Å². The molecule has 6 heteroatoms. The summed E-state index contributed by atoms with van der Waals surface area (Å²) in [6, 6.07) is 15.7. The Morgan fingerprint density at radius 2 is 1.72 bits per heavy atom. The fourth-order valence-corrected chi connectivity index (χ4v) is 3.31. The largest absolute Gasteiger partial charge is 0.320 e. The van der Waals surface area contributed by atoms with E-state index in [1.54, 1.807) is 0 Å². The Kier molecular flexibility index (Phi) is 4.42. The number of nitrogens with one attached hydrogen (secondary N) is 1. The third-order valence-electron chi connectivity index (χ3n) is 4.56. The average molecular weight is 355 g/mol. The van der Waals surface area contributed by atoms with E-state index < -0.39 is 0 Å².